The maximum absolute atomic E-state index is 11.7. The molecule has 0 saturated heterocycles. The molecule has 1 atom stereocenters. The summed E-state index contributed by atoms with van der Waals surface area (Å²) in [6.45, 7) is 10.3. The van der Waals surface area contributed by atoms with Gasteiger partial charge in [0.05, 0.1) is 0 Å². The summed E-state index contributed by atoms with van der Waals surface area (Å²) in [7, 11) is 0. The second-order valence-electron chi connectivity index (χ2n) is 6.08. The highest BCUT2D eigenvalue weighted by molar-refractivity contribution is 5.90. The van der Waals surface area contributed by atoms with Crippen LogP contribution in [0.1, 0.15) is 46.7 Å². The molecule has 0 radical (unpaired) electrons. The molecule has 0 spiro atoms. The van der Waals surface area contributed by atoms with Gasteiger partial charge in [-0.2, -0.15) is 5.10 Å². The number of anilines is 1. The van der Waals surface area contributed by atoms with Crippen LogP contribution in [-0.4, -0.2) is 22.1 Å². The molecule has 0 aromatic carbocycles. The lowest BCUT2D eigenvalue weighted by Crippen LogP contribution is -2.31. The van der Waals surface area contributed by atoms with Crippen LogP contribution in [0.2, 0.25) is 0 Å². The third kappa shape index (κ3) is 4.14. The number of aromatic nitrogens is 2. The summed E-state index contributed by atoms with van der Waals surface area (Å²) in [6.07, 6.45) is 0.315. The van der Waals surface area contributed by atoms with E-state index in [1.54, 1.807) is 0 Å². The Balaban J connectivity index is 2.58. The number of H-pyrrole nitrogens is 1. The van der Waals surface area contributed by atoms with E-state index in [1.165, 1.54) is 0 Å². The van der Waals surface area contributed by atoms with Gasteiger partial charge in [-0.15, -0.1) is 0 Å². The lowest BCUT2D eigenvalue weighted by atomic mass is 9.92. The van der Waals surface area contributed by atoms with Gasteiger partial charge in [0.15, 0.2) is 5.82 Å². The molecule has 0 fully saturated rings. The molecule has 0 aliphatic rings. The molecular formula is C13H24N4O. The van der Waals surface area contributed by atoms with Gasteiger partial charge in [-0.25, -0.2) is 0 Å². The average molecular weight is 252 g/mol. The summed E-state index contributed by atoms with van der Waals surface area (Å²) < 4.78 is 0. The van der Waals surface area contributed by atoms with Crippen molar-refractivity contribution in [3.63, 3.8) is 0 Å². The normalized spacial score (nSPS) is 13.7. The van der Waals surface area contributed by atoms with Crippen LogP contribution in [0.4, 0.5) is 5.82 Å². The Hall–Kier alpha value is -1.36. The molecule has 0 bridgehead atoms. The maximum Gasteiger partial charge on any atom is 0.227 e. The summed E-state index contributed by atoms with van der Waals surface area (Å²) in [4.78, 5) is 11.7. The van der Waals surface area contributed by atoms with Crippen molar-refractivity contribution >= 4 is 11.7 Å². The van der Waals surface area contributed by atoms with Crippen molar-refractivity contribution in [3.8, 4) is 0 Å². The Kier molecular flexibility index (Phi) is 4.51. The minimum atomic E-state index is -0.119. The molecule has 0 aliphatic carbocycles. The third-order valence-corrected chi connectivity index (χ3v) is 2.93. The Labute approximate surface area is 109 Å². The molecule has 1 heterocycles. The van der Waals surface area contributed by atoms with Crippen LogP contribution >= 0.6 is 0 Å². The number of rotatable bonds is 4. The van der Waals surface area contributed by atoms with Gasteiger partial charge in [0.1, 0.15) is 0 Å². The molecule has 1 aromatic heterocycles. The summed E-state index contributed by atoms with van der Waals surface area (Å²) in [5.74, 6) is 0.754. The van der Waals surface area contributed by atoms with Crippen molar-refractivity contribution in [2.75, 3.05) is 5.32 Å². The first-order valence-electron chi connectivity index (χ1n) is 6.31. The highest BCUT2D eigenvalue weighted by Crippen LogP contribution is 2.21. The molecule has 102 valence electrons. The SMILES string of the molecule is CC(C)C(N)CC(=O)Nc1cc(C(C)(C)C)[nH]n1. The molecule has 0 aliphatic heterocycles. The molecule has 1 rings (SSSR count). The van der Waals surface area contributed by atoms with Gasteiger partial charge in [0, 0.05) is 29.6 Å². The molecular weight excluding hydrogens is 228 g/mol. The number of nitrogens with zero attached hydrogens (tertiary/aromatic N) is 1. The lowest BCUT2D eigenvalue weighted by molar-refractivity contribution is -0.116. The number of hydrogen-bond donors (Lipinski definition) is 3. The monoisotopic (exact) mass is 252 g/mol. The van der Waals surface area contributed by atoms with Gasteiger partial charge in [-0.05, 0) is 5.92 Å². The fraction of sp³-hybridized carbons (Fsp3) is 0.692. The molecule has 18 heavy (non-hydrogen) atoms. The van der Waals surface area contributed by atoms with Crippen LogP contribution in [0.5, 0.6) is 0 Å². The van der Waals surface area contributed by atoms with Crippen LogP contribution in [0.25, 0.3) is 0 Å². The zero-order valence-electron chi connectivity index (χ0n) is 11.9. The first-order valence-corrected chi connectivity index (χ1v) is 6.31. The van der Waals surface area contributed by atoms with E-state index in [9.17, 15) is 4.79 Å². The second-order valence-corrected chi connectivity index (χ2v) is 6.08. The standard InChI is InChI=1S/C13H24N4O/c1-8(2)9(14)6-12(18)15-11-7-10(16-17-11)13(3,4)5/h7-9H,6,14H2,1-5H3,(H2,15,16,17,18). The van der Waals surface area contributed by atoms with Gasteiger partial charge in [-0.3, -0.25) is 9.89 Å². The molecule has 4 N–H and O–H groups in total. The molecule has 1 unspecified atom stereocenters. The number of nitrogens with two attached hydrogens (primary N) is 1. The predicted octanol–water partition coefficient (Wildman–Crippen LogP) is 2.02. The summed E-state index contributed by atoms with van der Waals surface area (Å²) in [6, 6.07) is 1.74. The Morgan fingerprint density at radius 3 is 2.56 bits per heavy atom. The third-order valence-electron chi connectivity index (χ3n) is 2.93. The van der Waals surface area contributed by atoms with Gasteiger partial charge in [-0.1, -0.05) is 34.6 Å². The zero-order valence-corrected chi connectivity index (χ0v) is 11.9. The Morgan fingerprint density at radius 1 is 1.50 bits per heavy atom. The molecule has 1 aromatic rings. The van der Waals surface area contributed by atoms with Crippen LogP contribution in [0, 0.1) is 5.92 Å². The minimum Gasteiger partial charge on any atom is -0.327 e. The van der Waals surface area contributed by atoms with Crippen molar-refractivity contribution in [1.82, 2.24) is 10.2 Å². The number of aromatic amines is 1. The zero-order chi connectivity index (χ0) is 13.9. The number of carbonyl (C=O) groups excluding carboxylic acids is 1. The van der Waals surface area contributed by atoms with E-state index in [2.05, 4.69) is 36.3 Å². The fourth-order valence-corrected chi connectivity index (χ4v) is 1.41. The fourth-order valence-electron chi connectivity index (χ4n) is 1.41. The predicted molar refractivity (Wildman–Crippen MR) is 73.3 cm³/mol. The van der Waals surface area contributed by atoms with Crippen LogP contribution < -0.4 is 11.1 Å². The quantitative estimate of drug-likeness (QED) is 0.766. The van der Waals surface area contributed by atoms with E-state index in [1.807, 2.05) is 19.9 Å². The second kappa shape index (κ2) is 5.52. The maximum atomic E-state index is 11.7. The van der Waals surface area contributed by atoms with Gasteiger partial charge in [0.2, 0.25) is 5.91 Å². The van der Waals surface area contributed by atoms with Crippen molar-refractivity contribution in [3.05, 3.63) is 11.8 Å². The topological polar surface area (TPSA) is 83.8 Å². The van der Waals surface area contributed by atoms with Crippen molar-refractivity contribution in [2.45, 2.75) is 52.5 Å². The Morgan fingerprint density at radius 2 is 2.11 bits per heavy atom. The first kappa shape index (κ1) is 14.7. The molecule has 5 nitrogen and oxygen atoms in total. The number of nitrogens with one attached hydrogen (secondary N) is 2. The number of amides is 1. The lowest BCUT2D eigenvalue weighted by Gasteiger charge is -2.15. The van der Waals surface area contributed by atoms with E-state index < -0.39 is 0 Å². The molecule has 0 saturated carbocycles. The van der Waals surface area contributed by atoms with Gasteiger partial charge in [0.25, 0.3) is 0 Å². The van der Waals surface area contributed by atoms with E-state index in [4.69, 9.17) is 5.73 Å². The largest absolute Gasteiger partial charge is 0.327 e. The highest BCUT2D eigenvalue weighted by atomic mass is 16.1. The van der Waals surface area contributed by atoms with Crippen molar-refractivity contribution < 1.29 is 4.79 Å². The minimum absolute atomic E-state index is 0.00961. The van der Waals surface area contributed by atoms with Crippen LogP contribution in [0.3, 0.4) is 0 Å². The smallest absolute Gasteiger partial charge is 0.227 e. The van der Waals surface area contributed by atoms with Gasteiger partial charge < -0.3 is 11.1 Å². The van der Waals surface area contributed by atoms with E-state index >= 15 is 0 Å². The van der Waals surface area contributed by atoms with Crippen molar-refractivity contribution in [1.29, 1.82) is 0 Å². The Bertz CT molecular complexity index is 403. The van der Waals surface area contributed by atoms with Crippen LogP contribution in [0.15, 0.2) is 6.07 Å². The van der Waals surface area contributed by atoms with Gasteiger partial charge >= 0.3 is 0 Å². The highest BCUT2D eigenvalue weighted by Gasteiger charge is 2.18. The summed E-state index contributed by atoms with van der Waals surface area (Å²) >= 11 is 0. The van der Waals surface area contributed by atoms with Crippen molar-refractivity contribution in [2.24, 2.45) is 11.7 Å². The van der Waals surface area contributed by atoms with E-state index in [0.717, 1.165) is 5.69 Å². The average Bonchev–Trinajstić information content (AvgIpc) is 2.64. The van der Waals surface area contributed by atoms with E-state index in [-0.39, 0.29) is 17.4 Å². The number of hydrogen-bond acceptors (Lipinski definition) is 3. The van der Waals surface area contributed by atoms with Crippen LogP contribution in [-0.2, 0) is 10.2 Å². The summed E-state index contributed by atoms with van der Waals surface area (Å²) in [5.41, 5.74) is 6.84. The van der Waals surface area contributed by atoms with E-state index in [0.29, 0.717) is 18.2 Å². The molecule has 5 heteroatoms. The summed E-state index contributed by atoms with van der Waals surface area (Å²) in [5, 5.41) is 9.77. The molecule has 1 amide bonds. The number of carbonyl (C=O) groups is 1. The first-order chi connectivity index (χ1) is 8.20.